The molecule has 90 valence electrons. The number of rotatable bonds is 4. The molecule has 0 aromatic heterocycles. The lowest BCUT2D eigenvalue weighted by atomic mass is 10.1. The van der Waals surface area contributed by atoms with Gasteiger partial charge in [-0.05, 0) is 30.5 Å². The van der Waals surface area contributed by atoms with E-state index in [-0.39, 0.29) is 0 Å². The first-order valence-corrected chi connectivity index (χ1v) is 5.98. The standard InChI is InChI=1S/C13H20ClNO/c1-9(2)8-15(4)13-6-5-11(10(3)16)7-12(13)14/h5-7,9-10,16H,8H2,1-4H3. The molecule has 0 saturated carbocycles. The Morgan fingerprint density at radius 1 is 1.31 bits per heavy atom. The van der Waals surface area contributed by atoms with Crippen molar-refractivity contribution in [2.45, 2.75) is 26.9 Å². The zero-order valence-electron chi connectivity index (χ0n) is 10.4. The maximum atomic E-state index is 9.45. The topological polar surface area (TPSA) is 23.5 Å². The molecule has 0 amide bonds. The molecule has 1 aromatic carbocycles. The van der Waals surface area contributed by atoms with Crippen molar-refractivity contribution in [1.29, 1.82) is 0 Å². The molecule has 0 aliphatic heterocycles. The molecule has 0 spiro atoms. The van der Waals surface area contributed by atoms with Crippen LogP contribution in [0.2, 0.25) is 5.02 Å². The van der Waals surface area contributed by atoms with Crippen molar-refractivity contribution in [3.8, 4) is 0 Å². The Balaban J connectivity index is 2.90. The molecule has 0 saturated heterocycles. The monoisotopic (exact) mass is 241 g/mol. The Morgan fingerprint density at radius 3 is 2.38 bits per heavy atom. The quantitative estimate of drug-likeness (QED) is 0.873. The second kappa shape index (κ2) is 5.55. The Bertz CT molecular complexity index is 350. The van der Waals surface area contributed by atoms with Crippen LogP contribution in [0, 0.1) is 5.92 Å². The average Bonchev–Trinajstić information content (AvgIpc) is 2.15. The highest BCUT2D eigenvalue weighted by atomic mass is 35.5. The van der Waals surface area contributed by atoms with Gasteiger partial charge >= 0.3 is 0 Å². The fraction of sp³-hybridized carbons (Fsp3) is 0.538. The lowest BCUT2D eigenvalue weighted by molar-refractivity contribution is 0.199. The number of nitrogens with zero attached hydrogens (tertiary/aromatic N) is 1. The summed E-state index contributed by atoms with van der Waals surface area (Å²) in [6.07, 6.45) is -0.470. The van der Waals surface area contributed by atoms with Gasteiger partial charge in [-0.2, -0.15) is 0 Å². The fourth-order valence-corrected chi connectivity index (χ4v) is 2.07. The van der Waals surface area contributed by atoms with E-state index in [0.717, 1.165) is 17.8 Å². The molecule has 2 nitrogen and oxygen atoms in total. The lowest BCUT2D eigenvalue weighted by Gasteiger charge is -2.23. The summed E-state index contributed by atoms with van der Waals surface area (Å²) in [7, 11) is 2.03. The van der Waals surface area contributed by atoms with Crippen LogP contribution in [0.4, 0.5) is 5.69 Å². The number of hydrogen-bond acceptors (Lipinski definition) is 2. The molecule has 0 bridgehead atoms. The summed E-state index contributed by atoms with van der Waals surface area (Å²) in [6.45, 7) is 7.06. The number of aliphatic hydroxyl groups excluding tert-OH is 1. The number of anilines is 1. The van der Waals surface area contributed by atoms with Crippen molar-refractivity contribution in [3.63, 3.8) is 0 Å². The van der Waals surface area contributed by atoms with E-state index in [9.17, 15) is 5.11 Å². The van der Waals surface area contributed by atoms with Crippen LogP contribution < -0.4 is 4.90 Å². The molecule has 0 heterocycles. The Kier molecular flexibility index (Phi) is 4.63. The van der Waals surface area contributed by atoms with Gasteiger partial charge in [0.1, 0.15) is 0 Å². The minimum atomic E-state index is -0.470. The van der Waals surface area contributed by atoms with Crippen LogP contribution in [0.25, 0.3) is 0 Å². The minimum Gasteiger partial charge on any atom is -0.389 e. The first-order valence-electron chi connectivity index (χ1n) is 5.60. The van der Waals surface area contributed by atoms with Gasteiger partial charge in [0.15, 0.2) is 0 Å². The molecule has 1 atom stereocenters. The molecule has 1 N–H and O–H groups in total. The second-order valence-electron chi connectivity index (χ2n) is 4.66. The first-order chi connectivity index (χ1) is 7.41. The predicted octanol–water partition coefficient (Wildman–Crippen LogP) is 3.49. The van der Waals surface area contributed by atoms with E-state index < -0.39 is 6.10 Å². The molecule has 0 aliphatic carbocycles. The van der Waals surface area contributed by atoms with E-state index in [1.807, 2.05) is 25.2 Å². The van der Waals surface area contributed by atoms with E-state index in [2.05, 4.69) is 18.7 Å². The highest BCUT2D eigenvalue weighted by molar-refractivity contribution is 6.33. The fourth-order valence-electron chi connectivity index (χ4n) is 1.74. The summed E-state index contributed by atoms with van der Waals surface area (Å²) in [5.74, 6) is 0.595. The molecular formula is C13H20ClNO. The van der Waals surface area contributed by atoms with Crippen LogP contribution in [-0.4, -0.2) is 18.7 Å². The highest BCUT2D eigenvalue weighted by Crippen LogP contribution is 2.28. The zero-order chi connectivity index (χ0) is 12.3. The van der Waals surface area contributed by atoms with Gasteiger partial charge in [-0.3, -0.25) is 0 Å². The van der Waals surface area contributed by atoms with Crippen LogP contribution in [0.1, 0.15) is 32.4 Å². The molecular weight excluding hydrogens is 222 g/mol. The summed E-state index contributed by atoms with van der Waals surface area (Å²) in [6, 6.07) is 5.72. The molecule has 3 heteroatoms. The SMILES string of the molecule is CC(C)CN(C)c1ccc(C(C)O)cc1Cl. The molecule has 0 radical (unpaired) electrons. The summed E-state index contributed by atoms with van der Waals surface area (Å²) >= 11 is 6.20. The molecule has 16 heavy (non-hydrogen) atoms. The van der Waals surface area contributed by atoms with Gasteiger partial charge in [0.05, 0.1) is 16.8 Å². The summed E-state index contributed by atoms with van der Waals surface area (Å²) in [5.41, 5.74) is 1.87. The molecule has 0 aliphatic rings. The van der Waals surface area contributed by atoms with Gasteiger partial charge in [-0.1, -0.05) is 31.5 Å². The van der Waals surface area contributed by atoms with Gasteiger partial charge in [0.2, 0.25) is 0 Å². The van der Waals surface area contributed by atoms with E-state index in [1.165, 1.54) is 0 Å². The highest BCUT2D eigenvalue weighted by Gasteiger charge is 2.10. The number of halogens is 1. The minimum absolute atomic E-state index is 0.470. The van der Waals surface area contributed by atoms with E-state index >= 15 is 0 Å². The van der Waals surface area contributed by atoms with Gasteiger partial charge < -0.3 is 10.0 Å². The Morgan fingerprint density at radius 2 is 1.94 bits per heavy atom. The van der Waals surface area contributed by atoms with Crippen molar-refractivity contribution < 1.29 is 5.11 Å². The normalized spacial score (nSPS) is 12.9. The van der Waals surface area contributed by atoms with Crippen molar-refractivity contribution in [2.24, 2.45) is 5.92 Å². The van der Waals surface area contributed by atoms with Crippen molar-refractivity contribution in [2.75, 3.05) is 18.5 Å². The number of benzene rings is 1. The van der Waals surface area contributed by atoms with E-state index in [0.29, 0.717) is 10.9 Å². The third-order valence-corrected chi connectivity index (χ3v) is 2.81. The van der Waals surface area contributed by atoms with Crippen LogP contribution in [0.3, 0.4) is 0 Å². The Hall–Kier alpha value is -0.730. The van der Waals surface area contributed by atoms with Crippen LogP contribution in [0.5, 0.6) is 0 Å². The van der Waals surface area contributed by atoms with Gasteiger partial charge in [0.25, 0.3) is 0 Å². The van der Waals surface area contributed by atoms with Crippen molar-refractivity contribution in [3.05, 3.63) is 28.8 Å². The summed E-state index contributed by atoms with van der Waals surface area (Å²) in [4.78, 5) is 2.14. The Labute approximate surface area is 103 Å². The third kappa shape index (κ3) is 3.39. The first kappa shape index (κ1) is 13.3. The van der Waals surface area contributed by atoms with Crippen molar-refractivity contribution >= 4 is 17.3 Å². The largest absolute Gasteiger partial charge is 0.389 e. The van der Waals surface area contributed by atoms with E-state index in [4.69, 9.17) is 11.6 Å². The number of hydrogen-bond donors (Lipinski definition) is 1. The van der Waals surface area contributed by atoms with E-state index in [1.54, 1.807) is 6.92 Å². The van der Waals surface area contributed by atoms with Crippen LogP contribution in [0.15, 0.2) is 18.2 Å². The smallest absolute Gasteiger partial charge is 0.0762 e. The average molecular weight is 242 g/mol. The van der Waals surface area contributed by atoms with Crippen molar-refractivity contribution in [1.82, 2.24) is 0 Å². The third-order valence-electron chi connectivity index (χ3n) is 2.50. The predicted molar refractivity (Wildman–Crippen MR) is 70.2 cm³/mol. The second-order valence-corrected chi connectivity index (χ2v) is 5.07. The molecule has 1 unspecified atom stereocenters. The zero-order valence-corrected chi connectivity index (χ0v) is 11.1. The summed E-state index contributed by atoms with van der Waals surface area (Å²) in [5, 5.41) is 10.1. The maximum Gasteiger partial charge on any atom is 0.0762 e. The van der Waals surface area contributed by atoms with Crippen LogP contribution in [-0.2, 0) is 0 Å². The van der Waals surface area contributed by atoms with Gasteiger partial charge in [-0.15, -0.1) is 0 Å². The van der Waals surface area contributed by atoms with Gasteiger partial charge in [-0.25, -0.2) is 0 Å². The molecule has 1 rings (SSSR count). The van der Waals surface area contributed by atoms with Gasteiger partial charge in [0, 0.05) is 13.6 Å². The van der Waals surface area contributed by atoms with Crippen LogP contribution >= 0.6 is 11.6 Å². The maximum absolute atomic E-state index is 9.45. The molecule has 0 fully saturated rings. The number of aliphatic hydroxyl groups is 1. The summed E-state index contributed by atoms with van der Waals surface area (Å²) < 4.78 is 0. The lowest BCUT2D eigenvalue weighted by Crippen LogP contribution is -2.22. The molecule has 1 aromatic rings.